The molecule has 3 heterocycles. The van der Waals surface area contributed by atoms with E-state index in [0.717, 1.165) is 54.7 Å². The number of aromatic nitrogens is 4. The Hall–Kier alpha value is -7.86. The number of hydrogen-bond acceptors (Lipinski definition) is 5. The van der Waals surface area contributed by atoms with Gasteiger partial charge in [-0.2, -0.15) is 0 Å². The van der Waals surface area contributed by atoms with Gasteiger partial charge < -0.3 is 0 Å². The molecule has 61 heavy (non-hydrogen) atoms. The Morgan fingerprint density at radius 3 is 1.20 bits per heavy atom. The monoisotopic (exact) mass is 796 g/mol. The lowest BCUT2D eigenvalue weighted by molar-refractivity contribution is 1.07. The molecule has 0 saturated carbocycles. The molecule has 0 spiro atoms. The molecular formula is C56H36N4S. The lowest BCUT2D eigenvalue weighted by Gasteiger charge is -2.13. The number of rotatable bonds is 8. The predicted octanol–water partition coefficient (Wildman–Crippen LogP) is 15.0. The van der Waals surface area contributed by atoms with Crippen molar-refractivity contribution in [2.45, 2.75) is 0 Å². The largest absolute Gasteiger partial charge is 0.246 e. The minimum Gasteiger partial charge on any atom is -0.246 e. The maximum atomic E-state index is 5.35. The molecule has 5 heteroatoms. The van der Waals surface area contributed by atoms with Gasteiger partial charge in [0.1, 0.15) is 0 Å². The predicted molar refractivity (Wildman–Crippen MR) is 254 cm³/mol. The van der Waals surface area contributed by atoms with Crippen molar-refractivity contribution in [3.05, 3.63) is 218 Å². The van der Waals surface area contributed by atoms with Crippen molar-refractivity contribution in [2.24, 2.45) is 0 Å². The molecule has 0 aliphatic rings. The first-order valence-electron chi connectivity index (χ1n) is 20.4. The molecule has 0 fully saturated rings. The van der Waals surface area contributed by atoms with E-state index in [9.17, 15) is 0 Å². The second-order valence-electron chi connectivity index (χ2n) is 15.0. The van der Waals surface area contributed by atoms with Crippen molar-refractivity contribution in [1.29, 1.82) is 0 Å². The second kappa shape index (κ2) is 15.7. The van der Waals surface area contributed by atoms with Crippen LogP contribution in [0.4, 0.5) is 0 Å². The quantitative estimate of drug-likeness (QED) is 0.154. The minimum absolute atomic E-state index is 0.624. The zero-order valence-corrected chi connectivity index (χ0v) is 33.8. The van der Waals surface area contributed by atoms with Crippen molar-refractivity contribution in [2.75, 3.05) is 0 Å². The van der Waals surface area contributed by atoms with Crippen molar-refractivity contribution in [3.63, 3.8) is 0 Å². The number of hydrogen-bond donors (Lipinski definition) is 0. The Morgan fingerprint density at radius 2 is 0.689 bits per heavy atom. The Bertz CT molecular complexity index is 3200. The number of fused-ring (bicyclic) bond motifs is 3. The van der Waals surface area contributed by atoms with E-state index < -0.39 is 0 Å². The van der Waals surface area contributed by atoms with Gasteiger partial charge in [0.05, 0.1) is 15.9 Å². The summed E-state index contributed by atoms with van der Waals surface area (Å²) in [7, 11) is 0. The van der Waals surface area contributed by atoms with Crippen molar-refractivity contribution in [1.82, 2.24) is 19.9 Å². The fourth-order valence-electron chi connectivity index (χ4n) is 8.16. The third-order valence-corrected chi connectivity index (χ3v) is 12.4. The van der Waals surface area contributed by atoms with E-state index in [2.05, 4.69) is 158 Å². The summed E-state index contributed by atoms with van der Waals surface area (Å²) in [4.78, 5) is 21.6. The number of nitrogens with zero attached hydrogens (tertiary/aromatic N) is 4. The second-order valence-corrected chi connectivity index (χ2v) is 16.0. The fourth-order valence-corrected chi connectivity index (χ4v) is 9.49. The van der Waals surface area contributed by atoms with E-state index in [0.29, 0.717) is 17.5 Å². The topological polar surface area (TPSA) is 51.6 Å². The first-order chi connectivity index (χ1) is 30.2. The number of pyridine rings is 1. The molecule has 0 aliphatic carbocycles. The van der Waals surface area contributed by atoms with E-state index in [1.807, 2.05) is 72.0 Å². The molecule has 3 aromatic heterocycles. The van der Waals surface area contributed by atoms with E-state index in [1.165, 1.54) is 38.1 Å². The Kier molecular flexibility index (Phi) is 9.34. The summed E-state index contributed by atoms with van der Waals surface area (Å²) in [5.74, 6) is 1.90. The Labute approximate surface area is 358 Å². The van der Waals surface area contributed by atoms with E-state index in [4.69, 9.17) is 19.9 Å². The van der Waals surface area contributed by atoms with Gasteiger partial charge in [-0.1, -0.05) is 194 Å². The number of thiophene rings is 1. The molecular weight excluding hydrogens is 761 g/mol. The third-order valence-electron chi connectivity index (χ3n) is 11.1. The van der Waals surface area contributed by atoms with Gasteiger partial charge in [0, 0.05) is 43.5 Å². The van der Waals surface area contributed by atoms with Gasteiger partial charge in [-0.15, -0.1) is 11.3 Å². The van der Waals surface area contributed by atoms with Gasteiger partial charge in [0.2, 0.25) is 0 Å². The van der Waals surface area contributed by atoms with E-state index in [-0.39, 0.29) is 0 Å². The molecule has 4 nitrogen and oxygen atoms in total. The number of benzene rings is 8. The normalized spacial score (nSPS) is 11.3. The maximum absolute atomic E-state index is 5.35. The standard InChI is InChI=1S/C56H36N4S/c1-6-18-37(19-7-1)44-34-45(38-20-8-2-9-21-38)36-46(35-44)52-49(50-47-28-16-17-29-48(47)57-51(53(50)61-52)40-22-10-3-11-23-40)39-30-32-43(33-31-39)56-59-54(41-24-12-4-13-25-41)58-55(60-56)42-26-14-5-15-27-42/h1-36H. The summed E-state index contributed by atoms with van der Waals surface area (Å²) >= 11 is 1.82. The minimum atomic E-state index is 0.624. The summed E-state index contributed by atoms with van der Waals surface area (Å²) in [6, 6.07) is 76.5. The van der Waals surface area contributed by atoms with Crippen molar-refractivity contribution < 1.29 is 0 Å². The Morgan fingerprint density at radius 1 is 0.295 bits per heavy atom. The highest BCUT2D eigenvalue weighted by molar-refractivity contribution is 7.23. The van der Waals surface area contributed by atoms with Crippen LogP contribution in [0.25, 0.3) is 110 Å². The van der Waals surface area contributed by atoms with Gasteiger partial charge in [-0.25, -0.2) is 19.9 Å². The summed E-state index contributed by atoms with van der Waals surface area (Å²) in [5.41, 5.74) is 14.0. The van der Waals surface area contributed by atoms with Crippen LogP contribution in [0.3, 0.4) is 0 Å². The molecule has 0 atom stereocenters. The van der Waals surface area contributed by atoms with Gasteiger partial charge >= 0.3 is 0 Å². The molecule has 0 unspecified atom stereocenters. The smallest absolute Gasteiger partial charge is 0.164 e. The molecule has 0 aliphatic heterocycles. The molecule has 0 N–H and O–H groups in total. The molecule has 286 valence electrons. The van der Waals surface area contributed by atoms with Crippen LogP contribution in [0.15, 0.2) is 218 Å². The van der Waals surface area contributed by atoms with Crippen LogP contribution in [0, 0.1) is 0 Å². The lowest BCUT2D eigenvalue weighted by Crippen LogP contribution is -2.00. The molecule has 0 radical (unpaired) electrons. The fraction of sp³-hybridized carbons (Fsp3) is 0. The van der Waals surface area contributed by atoms with Crippen LogP contribution in [0.5, 0.6) is 0 Å². The van der Waals surface area contributed by atoms with Crippen LogP contribution in [0.2, 0.25) is 0 Å². The van der Waals surface area contributed by atoms with Crippen LogP contribution in [0.1, 0.15) is 0 Å². The highest BCUT2D eigenvalue weighted by atomic mass is 32.1. The van der Waals surface area contributed by atoms with Crippen molar-refractivity contribution >= 4 is 32.3 Å². The zero-order valence-electron chi connectivity index (χ0n) is 33.0. The molecule has 0 amide bonds. The SMILES string of the molecule is c1ccc(-c2cc(-c3ccccc3)cc(-c3sc4c(-c5ccccc5)nc5ccccc5c4c3-c3ccc(-c4nc(-c5ccccc5)nc(-c5ccccc5)n4)cc3)c2)cc1. The Balaban J connectivity index is 1.16. The van der Waals surface area contributed by atoms with Gasteiger partial charge in [0.15, 0.2) is 17.5 Å². The van der Waals surface area contributed by atoms with E-state index >= 15 is 0 Å². The van der Waals surface area contributed by atoms with Crippen LogP contribution < -0.4 is 0 Å². The van der Waals surface area contributed by atoms with Crippen LogP contribution in [-0.2, 0) is 0 Å². The van der Waals surface area contributed by atoms with Crippen LogP contribution >= 0.6 is 11.3 Å². The van der Waals surface area contributed by atoms with E-state index in [1.54, 1.807) is 0 Å². The summed E-state index contributed by atoms with van der Waals surface area (Å²) < 4.78 is 1.16. The summed E-state index contributed by atoms with van der Waals surface area (Å²) in [5, 5.41) is 2.32. The summed E-state index contributed by atoms with van der Waals surface area (Å²) in [6.07, 6.45) is 0. The molecule has 11 aromatic rings. The molecule has 11 rings (SSSR count). The summed E-state index contributed by atoms with van der Waals surface area (Å²) in [6.45, 7) is 0. The van der Waals surface area contributed by atoms with Crippen molar-refractivity contribution in [3.8, 4) is 89.2 Å². The average Bonchev–Trinajstić information content (AvgIpc) is 3.76. The zero-order chi connectivity index (χ0) is 40.5. The molecule has 8 aromatic carbocycles. The van der Waals surface area contributed by atoms with Gasteiger partial charge in [-0.3, -0.25) is 0 Å². The molecule has 0 bridgehead atoms. The van der Waals surface area contributed by atoms with Crippen LogP contribution in [-0.4, -0.2) is 19.9 Å². The lowest BCUT2D eigenvalue weighted by atomic mass is 9.91. The maximum Gasteiger partial charge on any atom is 0.164 e. The average molecular weight is 797 g/mol. The third kappa shape index (κ3) is 6.97. The molecule has 0 saturated heterocycles. The van der Waals surface area contributed by atoms with Gasteiger partial charge in [-0.05, 0) is 57.6 Å². The highest BCUT2D eigenvalue weighted by Crippen LogP contribution is 2.51. The first-order valence-corrected chi connectivity index (χ1v) is 21.2. The first kappa shape index (κ1) is 36.2. The number of para-hydroxylation sites is 1. The van der Waals surface area contributed by atoms with Gasteiger partial charge in [0.25, 0.3) is 0 Å². The highest BCUT2D eigenvalue weighted by Gasteiger charge is 2.23.